The maximum Gasteiger partial charge on any atom is 0.240 e. The molecular formula is C24H30N4O6. The molecule has 2 aromatic rings. The number of methoxy groups -OCH3 is 4. The quantitative estimate of drug-likeness (QED) is 0.385. The summed E-state index contributed by atoms with van der Waals surface area (Å²) in [5.74, 6) is 1.62. The van der Waals surface area contributed by atoms with Gasteiger partial charge in [0.2, 0.25) is 11.8 Å². The second-order valence-electron chi connectivity index (χ2n) is 7.10. The third-order valence-corrected chi connectivity index (χ3v) is 4.87. The molecule has 0 fully saturated rings. The minimum atomic E-state index is -0.403. The molecule has 182 valence electrons. The van der Waals surface area contributed by atoms with E-state index in [1.165, 1.54) is 14.2 Å². The van der Waals surface area contributed by atoms with Crippen molar-refractivity contribution in [2.45, 2.75) is 26.7 Å². The van der Waals surface area contributed by atoms with E-state index in [-0.39, 0.29) is 12.8 Å². The molecule has 0 aromatic heterocycles. The van der Waals surface area contributed by atoms with Gasteiger partial charge >= 0.3 is 0 Å². The monoisotopic (exact) mass is 470 g/mol. The topological polar surface area (TPSA) is 120 Å². The van der Waals surface area contributed by atoms with Gasteiger partial charge < -0.3 is 18.9 Å². The lowest BCUT2D eigenvalue weighted by Crippen LogP contribution is -2.24. The summed E-state index contributed by atoms with van der Waals surface area (Å²) in [5, 5.41) is 8.19. The van der Waals surface area contributed by atoms with Crippen molar-refractivity contribution in [3.63, 3.8) is 0 Å². The van der Waals surface area contributed by atoms with Crippen LogP contribution in [-0.2, 0) is 9.59 Å². The molecule has 0 aliphatic heterocycles. The number of rotatable bonds is 11. The highest BCUT2D eigenvalue weighted by molar-refractivity contribution is 6.02. The zero-order valence-electron chi connectivity index (χ0n) is 20.2. The molecule has 2 aromatic carbocycles. The van der Waals surface area contributed by atoms with Crippen LogP contribution in [0.2, 0.25) is 0 Å². The Morgan fingerprint density at radius 2 is 1.06 bits per heavy atom. The molecule has 2 amide bonds. The molecule has 2 N–H and O–H groups in total. The van der Waals surface area contributed by atoms with Crippen LogP contribution in [0, 0.1) is 0 Å². The van der Waals surface area contributed by atoms with E-state index in [1.54, 1.807) is 64.5 Å². The summed E-state index contributed by atoms with van der Waals surface area (Å²) in [7, 11) is 6.21. The minimum Gasteiger partial charge on any atom is -0.497 e. The highest BCUT2D eigenvalue weighted by atomic mass is 16.5. The van der Waals surface area contributed by atoms with Gasteiger partial charge in [-0.05, 0) is 38.1 Å². The van der Waals surface area contributed by atoms with Crippen LogP contribution in [0.25, 0.3) is 0 Å². The molecule has 0 bridgehead atoms. The maximum absolute atomic E-state index is 12.1. The van der Waals surface area contributed by atoms with E-state index >= 15 is 0 Å². The number of nitrogens with one attached hydrogen (secondary N) is 2. The van der Waals surface area contributed by atoms with Crippen LogP contribution in [-0.4, -0.2) is 51.7 Å². The molecule has 0 atom stereocenters. The van der Waals surface area contributed by atoms with Crippen LogP contribution >= 0.6 is 0 Å². The van der Waals surface area contributed by atoms with Crippen molar-refractivity contribution in [3.05, 3.63) is 47.5 Å². The van der Waals surface area contributed by atoms with Gasteiger partial charge in [0.05, 0.1) is 39.9 Å². The number of carbonyl (C=O) groups excluding carboxylic acids is 2. The molecule has 0 aliphatic rings. The summed E-state index contributed by atoms with van der Waals surface area (Å²) in [4.78, 5) is 24.3. The Balaban J connectivity index is 1.90. The van der Waals surface area contributed by atoms with Crippen LogP contribution in [0.15, 0.2) is 46.6 Å². The molecular weight excluding hydrogens is 440 g/mol. The number of hydrazone groups is 2. The van der Waals surface area contributed by atoms with Gasteiger partial charge in [0.1, 0.15) is 23.0 Å². The first-order valence-electron chi connectivity index (χ1n) is 10.4. The maximum atomic E-state index is 12.1. The molecule has 0 unspecified atom stereocenters. The van der Waals surface area contributed by atoms with E-state index in [0.29, 0.717) is 45.5 Å². The van der Waals surface area contributed by atoms with Gasteiger partial charge in [-0.25, -0.2) is 10.9 Å². The minimum absolute atomic E-state index is 0.0528. The SMILES string of the molecule is COc1ccc(C(C)=NNC(=O)CCC(=O)NN=C(C)c2ccc(OC)cc2OC)c(OC)c1. The number of hydrogen-bond acceptors (Lipinski definition) is 8. The molecule has 2 rings (SSSR count). The van der Waals surface area contributed by atoms with Crippen LogP contribution in [0.4, 0.5) is 0 Å². The predicted molar refractivity (Wildman–Crippen MR) is 129 cm³/mol. The van der Waals surface area contributed by atoms with Crippen LogP contribution in [0.1, 0.15) is 37.8 Å². The van der Waals surface area contributed by atoms with E-state index in [0.717, 1.165) is 0 Å². The Kier molecular flexibility index (Phi) is 9.88. The summed E-state index contributed by atoms with van der Waals surface area (Å²) in [6, 6.07) is 10.6. The van der Waals surface area contributed by atoms with Gasteiger partial charge in [0, 0.05) is 36.1 Å². The Bertz CT molecular complexity index is 996. The molecule has 10 nitrogen and oxygen atoms in total. The van der Waals surface area contributed by atoms with Crippen molar-refractivity contribution in [2.75, 3.05) is 28.4 Å². The number of ether oxygens (including phenoxy) is 4. The van der Waals surface area contributed by atoms with Crippen molar-refractivity contribution in [1.29, 1.82) is 0 Å². The zero-order chi connectivity index (χ0) is 25.1. The third kappa shape index (κ3) is 7.22. The van der Waals surface area contributed by atoms with E-state index in [4.69, 9.17) is 18.9 Å². The summed E-state index contributed by atoms with van der Waals surface area (Å²) in [5.41, 5.74) is 7.41. The van der Waals surface area contributed by atoms with Crippen molar-refractivity contribution >= 4 is 23.2 Å². The summed E-state index contributed by atoms with van der Waals surface area (Å²) in [6.07, 6.45) is -0.106. The molecule has 0 aliphatic carbocycles. The predicted octanol–water partition coefficient (Wildman–Crippen LogP) is 2.88. The fourth-order valence-electron chi connectivity index (χ4n) is 2.95. The fourth-order valence-corrected chi connectivity index (χ4v) is 2.95. The molecule has 0 spiro atoms. The van der Waals surface area contributed by atoms with E-state index < -0.39 is 11.8 Å². The number of hydrogen-bond donors (Lipinski definition) is 2. The van der Waals surface area contributed by atoms with Crippen molar-refractivity contribution in [1.82, 2.24) is 10.9 Å². The van der Waals surface area contributed by atoms with E-state index in [2.05, 4.69) is 21.1 Å². The van der Waals surface area contributed by atoms with Gasteiger partial charge in [-0.2, -0.15) is 10.2 Å². The zero-order valence-corrected chi connectivity index (χ0v) is 20.2. The molecule has 0 heterocycles. The van der Waals surface area contributed by atoms with Gasteiger partial charge in [-0.1, -0.05) is 0 Å². The lowest BCUT2D eigenvalue weighted by atomic mass is 10.1. The Morgan fingerprint density at radius 3 is 1.38 bits per heavy atom. The van der Waals surface area contributed by atoms with Gasteiger partial charge in [0.25, 0.3) is 0 Å². The second-order valence-corrected chi connectivity index (χ2v) is 7.10. The normalized spacial score (nSPS) is 11.5. The van der Waals surface area contributed by atoms with Crippen LogP contribution < -0.4 is 29.8 Å². The highest BCUT2D eigenvalue weighted by Gasteiger charge is 2.11. The number of carbonyl (C=O) groups is 2. The van der Waals surface area contributed by atoms with Crippen LogP contribution in [0.5, 0.6) is 23.0 Å². The molecule has 0 saturated heterocycles. The molecule has 34 heavy (non-hydrogen) atoms. The Labute approximate surface area is 198 Å². The molecule has 0 radical (unpaired) electrons. The van der Waals surface area contributed by atoms with E-state index in [9.17, 15) is 9.59 Å². The first-order chi connectivity index (χ1) is 16.3. The van der Waals surface area contributed by atoms with Crippen molar-refractivity contribution in [2.24, 2.45) is 10.2 Å². The van der Waals surface area contributed by atoms with Crippen molar-refractivity contribution < 1.29 is 28.5 Å². The average molecular weight is 471 g/mol. The lowest BCUT2D eigenvalue weighted by Gasteiger charge is -2.10. The fraction of sp³-hybridized carbons (Fsp3) is 0.333. The number of benzene rings is 2. The smallest absolute Gasteiger partial charge is 0.240 e. The largest absolute Gasteiger partial charge is 0.497 e. The highest BCUT2D eigenvalue weighted by Crippen LogP contribution is 2.26. The molecule has 0 saturated carbocycles. The Hall–Kier alpha value is -4.08. The third-order valence-electron chi connectivity index (χ3n) is 4.87. The summed E-state index contributed by atoms with van der Waals surface area (Å²) < 4.78 is 21.0. The summed E-state index contributed by atoms with van der Waals surface area (Å²) in [6.45, 7) is 3.48. The first kappa shape index (κ1) is 26.2. The molecule has 10 heteroatoms. The summed E-state index contributed by atoms with van der Waals surface area (Å²) >= 11 is 0. The standard InChI is InChI=1S/C24H30N4O6/c1-15(19-9-7-17(31-3)13-21(19)33-5)25-27-23(29)11-12-24(30)28-26-16(2)20-10-8-18(32-4)14-22(20)34-6/h7-10,13-14H,11-12H2,1-6H3,(H,27,29)(H,28,30). The Morgan fingerprint density at radius 1 is 0.676 bits per heavy atom. The van der Waals surface area contributed by atoms with E-state index in [1.807, 2.05) is 0 Å². The average Bonchev–Trinajstić information content (AvgIpc) is 2.87. The van der Waals surface area contributed by atoms with Crippen molar-refractivity contribution in [3.8, 4) is 23.0 Å². The number of amides is 2. The number of nitrogens with zero attached hydrogens (tertiary/aromatic N) is 2. The second kappa shape index (κ2) is 12.8. The van der Waals surface area contributed by atoms with Gasteiger partial charge in [-0.15, -0.1) is 0 Å². The first-order valence-corrected chi connectivity index (χ1v) is 10.4. The van der Waals surface area contributed by atoms with Crippen LogP contribution in [0.3, 0.4) is 0 Å². The van der Waals surface area contributed by atoms with Gasteiger partial charge in [0.15, 0.2) is 0 Å². The van der Waals surface area contributed by atoms with Gasteiger partial charge in [-0.3, -0.25) is 9.59 Å². The lowest BCUT2D eigenvalue weighted by molar-refractivity contribution is -0.126.